The smallest absolute Gasteiger partial charge is 0.272 e. The van der Waals surface area contributed by atoms with E-state index in [2.05, 4.69) is 15.5 Å². The fraction of sp³-hybridized carbons (Fsp3) is 0.714. The minimum absolute atomic E-state index is 0.0199. The highest BCUT2D eigenvalue weighted by atomic mass is 16.5. The quantitative estimate of drug-likeness (QED) is 0.732. The fourth-order valence-electron chi connectivity index (χ4n) is 1.90. The first-order valence-electron chi connectivity index (χ1n) is 6.70. The molecule has 0 radical (unpaired) electrons. The van der Waals surface area contributed by atoms with E-state index in [0.717, 1.165) is 5.69 Å². The van der Waals surface area contributed by atoms with Crippen LogP contribution in [0.2, 0.25) is 0 Å². The summed E-state index contributed by atoms with van der Waals surface area (Å²) in [4.78, 5) is 12.2. The minimum Gasteiger partial charge on any atom is -0.396 e. The third kappa shape index (κ3) is 4.31. The average Bonchev–Trinajstić information content (AvgIpc) is 2.77. The van der Waals surface area contributed by atoms with Crippen LogP contribution in [0.5, 0.6) is 0 Å². The molecular weight excluding hydrogens is 258 g/mol. The van der Waals surface area contributed by atoms with Gasteiger partial charge in [0.25, 0.3) is 5.91 Å². The topological polar surface area (TPSA) is 87.2 Å². The summed E-state index contributed by atoms with van der Waals surface area (Å²) in [6, 6.07) is 1.75. The molecule has 0 bridgehead atoms. The molecule has 0 spiro atoms. The molecular formula is C14H25N3O3. The van der Waals surface area contributed by atoms with Crippen LogP contribution in [0, 0.1) is 0 Å². The van der Waals surface area contributed by atoms with E-state index >= 15 is 0 Å². The van der Waals surface area contributed by atoms with Crippen LogP contribution in [0.1, 0.15) is 50.3 Å². The van der Waals surface area contributed by atoms with Gasteiger partial charge in [-0.25, -0.2) is 0 Å². The van der Waals surface area contributed by atoms with E-state index in [1.165, 1.54) is 0 Å². The Labute approximate surface area is 119 Å². The largest absolute Gasteiger partial charge is 0.396 e. The number of aliphatic hydroxyl groups is 1. The van der Waals surface area contributed by atoms with Crippen molar-refractivity contribution in [1.29, 1.82) is 0 Å². The minimum atomic E-state index is -0.610. The molecule has 6 nitrogen and oxygen atoms in total. The molecule has 0 saturated heterocycles. The van der Waals surface area contributed by atoms with Crippen molar-refractivity contribution >= 4 is 5.91 Å². The first-order valence-corrected chi connectivity index (χ1v) is 6.70. The molecule has 0 aliphatic rings. The summed E-state index contributed by atoms with van der Waals surface area (Å²) in [5, 5.41) is 18.9. The number of H-pyrrole nitrogens is 1. The first kappa shape index (κ1) is 16.7. The van der Waals surface area contributed by atoms with Crippen LogP contribution in [0.15, 0.2) is 6.07 Å². The SMILES string of the molecule is COCC(C)(CCO)NC(=O)c1cc(C(C)(C)C)[nH]n1. The normalized spacial score (nSPS) is 14.9. The summed E-state index contributed by atoms with van der Waals surface area (Å²) >= 11 is 0. The van der Waals surface area contributed by atoms with Crippen molar-refractivity contribution in [3.8, 4) is 0 Å². The summed E-state index contributed by atoms with van der Waals surface area (Å²) < 4.78 is 5.10. The number of hydrogen-bond acceptors (Lipinski definition) is 4. The zero-order valence-corrected chi connectivity index (χ0v) is 12.9. The maximum Gasteiger partial charge on any atom is 0.272 e. The second-order valence-corrected chi connectivity index (χ2v) is 6.34. The van der Waals surface area contributed by atoms with Crippen molar-refractivity contribution in [2.75, 3.05) is 20.3 Å². The van der Waals surface area contributed by atoms with Gasteiger partial charge in [0, 0.05) is 24.8 Å². The molecule has 0 fully saturated rings. The molecule has 3 N–H and O–H groups in total. The molecule has 6 heteroatoms. The molecule has 1 atom stereocenters. The van der Waals surface area contributed by atoms with Gasteiger partial charge in [-0.05, 0) is 19.4 Å². The lowest BCUT2D eigenvalue weighted by atomic mass is 9.92. The van der Waals surface area contributed by atoms with Crippen LogP contribution in [0.4, 0.5) is 0 Å². The highest BCUT2D eigenvalue weighted by Crippen LogP contribution is 2.20. The van der Waals surface area contributed by atoms with Gasteiger partial charge in [-0.3, -0.25) is 9.89 Å². The Hall–Kier alpha value is -1.40. The number of carbonyl (C=O) groups is 1. The van der Waals surface area contributed by atoms with Crippen molar-refractivity contribution < 1.29 is 14.6 Å². The maximum atomic E-state index is 12.2. The zero-order chi connectivity index (χ0) is 15.4. The monoisotopic (exact) mass is 283 g/mol. The molecule has 1 aromatic heterocycles. The molecule has 0 aromatic carbocycles. The number of aromatic amines is 1. The lowest BCUT2D eigenvalue weighted by molar-refractivity contribution is 0.0721. The third-order valence-corrected chi connectivity index (χ3v) is 3.16. The second-order valence-electron chi connectivity index (χ2n) is 6.34. The molecule has 1 amide bonds. The van der Waals surface area contributed by atoms with Gasteiger partial charge in [0.1, 0.15) is 5.69 Å². The first-order chi connectivity index (χ1) is 9.22. The second kappa shape index (κ2) is 6.37. The summed E-state index contributed by atoms with van der Waals surface area (Å²) in [5.41, 5.74) is 0.543. The van der Waals surface area contributed by atoms with Gasteiger partial charge in [0.15, 0.2) is 0 Å². The van der Waals surface area contributed by atoms with Gasteiger partial charge in [0.2, 0.25) is 0 Å². The number of methoxy groups -OCH3 is 1. The number of carbonyl (C=O) groups excluding carboxylic acids is 1. The van der Waals surface area contributed by atoms with Crippen molar-refractivity contribution in [2.45, 2.75) is 45.1 Å². The van der Waals surface area contributed by atoms with Crippen molar-refractivity contribution in [3.05, 3.63) is 17.5 Å². The Balaban J connectivity index is 2.82. The number of aromatic nitrogens is 2. The molecule has 20 heavy (non-hydrogen) atoms. The van der Waals surface area contributed by atoms with E-state index in [4.69, 9.17) is 9.84 Å². The summed E-state index contributed by atoms with van der Waals surface area (Å²) in [6.45, 7) is 8.28. The Morgan fingerprint density at radius 2 is 2.10 bits per heavy atom. The van der Waals surface area contributed by atoms with Crippen LogP contribution in [-0.4, -0.2) is 47.1 Å². The van der Waals surface area contributed by atoms with E-state index < -0.39 is 5.54 Å². The molecule has 1 unspecified atom stereocenters. The van der Waals surface area contributed by atoms with Crippen molar-refractivity contribution in [3.63, 3.8) is 0 Å². The van der Waals surface area contributed by atoms with E-state index in [1.54, 1.807) is 13.2 Å². The molecule has 0 saturated carbocycles. The van der Waals surface area contributed by atoms with E-state index in [-0.39, 0.29) is 17.9 Å². The lowest BCUT2D eigenvalue weighted by Gasteiger charge is -2.29. The van der Waals surface area contributed by atoms with E-state index in [9.17, 15) is 4.79 Å². The van der Waals surface area contributed by atoms with Gasteiger partial charge in [-0.2, -0.15) is 5.10 Å². The fourth-order valence-corrected chi connectivity index (χ4v) is 1.90. The molecule has 0 aliphatic carbocycles. The van der Waals surface area contributed by atoms with Crippen LogP contribution in [0.3, 0.4) is 0 Å². The molecule has 1 heterocycles. The standard InChI is InChI=1S/C14H25N3O3/c1-13(2,3)11-8-10(16-17-11)12(19)15-14(4,6-7-18)9-20-5/h8,18H,6-7,9H2,1-5H3,(H,15,19)(H,16,17). The van der Waals surface area contributed by atoms with Crippen LogP contribution in [0.25, 0.3) is 0 Å². The highest BCUT2D eigenvalue weighted by Gasteiger charge is 2.28. The number of amides is 1. The van der Waals surface area contributed by atoms with Crippen LogP contribution < -0.4 is 5.32 Å². The predicted molar refractivity (Wildman–Crippen MR) is 76.7 cm³/mol. The van der Waals surface area contributed by atoms with Crippen molar-refractivity contribution in [2.24, 2.45) is 0 Å². The molecule has 0 aliphatic heterocycles. The third-order valence-electron chi connectivity index (χ3n) is 3.16. The number of nitrogens with zero attached hydrogens (tertiary/aromatic N) is 1. The van der Waals surface area contributed by atoms with Crippen LogP contribution >= 0.6 is 0 Å². The number of aliphatic hydroxyl groups excluding tert-OH is 1. The number of hydrogen-bond donors (Lipinski definition) is 3. The summed E-state index contributed by atoms with van der Waals surface area (Å²) in [6.07, 6.45) is 0.420. The Bertz CT molecular complexity index is 443. The van der Waals surface area contributed by atoms with E-state index in [1.807, 2.05) is 27.7 Å². The summed E-state index contributed by atoms with van der Waals surface area (Å²) in [7, 11) is 1.56. The number of nitrogens with one attached hydrogen (secondary N) is 2. The average molecular weight is 283 g/mol. The van der Waals surface area contributed by atoms with Gasteiger partial charge in [-0.15, -0.1) is 0 Å². The highest BCUT2D eigenvalue weighted by molar-refractivity contribution is 5.92. The van der Waals surface area contributed by atoms with Crippen LogP contribution in [-0.2, 0) is 10.2 Å². The summed E-state index contributed by atoms with van der Waals surface area (Å²) in [5.74, 6) is -0.273. The van der Waals surface area contributed by atoms with Gasteiger partial charge >= 0.3 is 0 Å². The lowest BCUT2D eigenvalue weighted by Crippen LogP contribution is -2.50. The maximum absolute atomic E-state index is 12.2. The van der Waals surface area contributed by atoms with Gasteiger partial charge in [-0.1, -0.05) is 20.8 Å². The molecule has 114 valence electrons. The molecule has 1 aromatic rings. The molecule has 1 rings (SSSR count). The number of ether oxygens (including phenoxy) is 1. The Morgan fingerprint density at radius 1 is 1.45 bits per heavy atom. The zero-order valence-electron chi connectivity index (χ0n) is 12.9. The Morgan fingerprint density at radius 3 is 2.55 bits per heavy atom. The number of rotatable bonds is 6. The van der Waals surface area contributed by atoms with E-state index in [0.29, 0.717) is 18.7 Å². The predicted octanol–water partition coefficient (Wildman–Crippen LogP) is 1.22. The van der Waals surface area contributed by atoms with Gasteiger partial charge < -0.3 is 15.2 Å². The van der Waals surface area contributed by atoms with Gasteiger partial charge in [0.05, 0.1) is 12.1 Å². The van der Waals surface area contributed by atoms with Crippen molar-refractivity contribution in [1.82, 2.24) is 15.5 Å². The Kier molecular flexibility index (Phi) is 5.30.